The van der Waals surface area contributed by atoms with Crippen LogP contribution in [0.5, 0.6) is 0 Å². The van der Waals surface area contributed by atoms with E-state index in [9.17, 15) is 14.4 Å². The lowest BCUT2D eigenvalue weighted by molar-refractivity contribution is -0.161. The Kier molecular flexibility index (Phi) is 3.17. The van der Waals surface area contributed by atoms with E-state index in [0.29, 0.717) is 0 Å². The highest BCUT2D eigenvalue weighted by Gasteiger charge is 2.14. The Hall–Kier alpha value is -1.45. The van der Waals surface area contributed by atoms with Crippen molar-refractivity contribution in [2.45, 2.75) is 13.8 Å². The second kappa shape index (κ2) is 3.65. The van der Waals surface area contributed by atoms with E-state index in [1.807, 2.05) is 0 Å². The minimum atomic E-state index is -1.15. The summed E-state index contributed by atoms with van der Waals surface area (Å²) >= 11 is 0. The molecule has 0 bridgehead atoms. The topological polar surface area (TPSA) is 60.4 Å². The molecule has 0 aliphatic carbocycles. The van der Waals surface area contributed by atoms with Gasteiger partial charge in [0, 0.05) is 12.5 Å². The van der Waals surface area contributed by atoms with Gasteiger partial charge in [0.1, 0.15) is 0 Å². The van der Waals surface area contributed by atoms with E-state index in [0.717, 1.165) is 6.92 Å². The van der Waals surface area contributed by atoms with Crippen molar-refractivity contribution < 1.29 is 19.1 Å². The third kappa shape index (κ3) is 3.30. The van der Waals surface area contributed by atoms with Crippen molar-refractivity contribution in [1.29, 1.82) is 0 Å². The lowest BCUT2D eigenvalue weighted by atomic mass is 10.3. The molecule has 0 unspecified atom stereocenters. The summed E-state index contributed by atoms with van der Waals surface area (Å²) in [6, 6.07) is 0. The van der Waals surface area contributed by atoms with Gasteiger partial charge in [-0.2, -0.15) is 0 Å². The first kappa shape index (κ1) is 9.55. The number of esters is 2. The van der Waals surface area contributed by atoms with Crippen molar-refractivity contribution >= 4 is 17.7 Å². The minimum absolute atomic E-state index is 0.0830. The molecular weight excluding hydrogens is 148 g/mol. The average molecular weight is 156 g/mol. The molecule has 11 heavy (non-hydrogen) atoms. The van der Waals surface area contributed by atoms with E-state index in [4.69, 9.17) is 0 Å². The Morgan fingerprint density at radius 2 is 1.55 bits per heavy atom. The van der Waals surface area contributed by atoms with Gasteiger partial charge in [0.2, 0.25) is 5.78 Å². The minimum Gasteiger partial charge on any atom is -0.384 e. The monoisotopic (exact) mass is 156 g/mol. The Bertz CT molecular complexity index is 203. The number of hydrogen-bond acceptors (Lipinski definition) is 4. The van der Waals surface area contributed by atoms with Crippen molar-refractivity contribution in [1.82, 2.24) is 0 Å². The molecule has 0 radical (unpaired) electrons. The fourth-order valence-corrected chi connectivity index (χ4v) is 0.243. The maximum atomic E-state index is 10.6. The molecule has 0 amide bonds. The number of ketones is 1. The van der Waals surface area contributed by atoms with Crippen molar-refractivity contribution in [2.75, 3.05) is 0 Å². The average Bonchev–Trinajstić information content (AvgIpc) is 1.87. The standard InChI is InChI=1S/C7H8O4/c1-4(2)6(9)11-7(10)5(3)8/h1H2,2-3H3. The quantitative estimate of drug-likeness (QED) is 0.248. The van der Waals surface area contributed by atoms with E-state index < -0.39 is 17.7 Å². The van der Waals surface area contributed by atoms with Crippen LogP contribution in [0.2, 0.25) is 0 Å². The number of hydrogen-bond donors (Lipinski definition) is 0. The highest BCUT2D eigenvalue weighted by atomic mass is 16.6. The van der Waals surface area contributed by atoms with Gasteiger partial charge < -0.3 is 4.74 Å². The highest BCUT2D eigenvalue weighted by molar-refractivity contribution is 6.34. The van der Waals surface area contributed by atoms with Crippen LogP contribution in [0.4, 0.5) is 0 Å². The Balaban J connectivity index is 4.07. The van der Waals surface area contributed by atoms with Crippen LogP contribution in [0.1, 0.15) is 13.8 Å². The molecule has 0 spiro atoms. The normalized spacial score (nSPS) is 8.55. The molecule has 60 valence electrons. The van der Waals surface area contributed by atoms with Gasteiger partial charge in [0.15, 0.2) is 0 Å². The first-order valence-corrected chi connectivity index (χ1v) is 2.87. The van der Waals surface area contributed by atoms with Gasteiger partial charge in [-0.25, -0.2) is 9.59 Å². The second-order valence-corrected chi connectivity index (χ2v) is 2.01. The summed E-state index contributed by atoms with van der Waals surface area (Å²) in [5, 5.41) is 0. The van der Waals surface area contributed by atoms with Crippen LogP contribution in [0.15, 0.2) is 12.2 Å². The third-order valence-electron chi connectivity index (χ3n) is 0.821. The van der Waals surface area contributed by atoms with Crippen molar-refractivity contribution in [3.8, 4) is 0 Å². The SMILES string of the molecule is C=C(C)C(=O)OC(=O)C(C)=O. The van der Waals surface area contributed by atoms with Gasteiger partial charge in [0.25, 0.3) is 0 Å². The molecule has 0 saturated heterocycles. The van der Waals surface area contributed by atoms with Crippen LogP contribution in [-0.4, -0.2) is 17.7 Å². The molecule has 0 aromatic heterocycles. The van der Waals surface area contributed by atoms with Crippen molar-refractivity contribution in [2.24, 2.45) is 0 Å². The highest BCUT2D eigenvalue weighted by Crippen LogP contribution is 1.92. The zero-order chi connectivity index (χ0) is 9.02. The summed E-state index contributed by atoms with van der Waals surface area (Å²) < 4.78 is 4.05. The van der Waals surface area contributed by atoms with Crippen LogP contribution in [0.25, 0.3) is 0 Å². The molecule has 0 heterocycles. The summed E-state index contributed by atoms with van der Waals surface area (Å²) in [4.78, 5) is 31.2. The Morgan fingerprint density at radius 1 is 1.09 bits per heavy atom. The van der Waals surface area contributed by atoms with Gasteiger partial charge in [-0.1, -0.05) is 6.58 Å². The van der Waals surface area contributed by atoms with E-state index in [1.165, 1.54) is 6.92 Å². The lowest BCUT2D eigenvalue weighted by Crippen LogP contribution is -2.18. The van der Waals surface area contributed by atoms with Crippen molar-refractivity contribution in [3.63, 3.8) is 0 Å². The van der Waals surface area contributed by atoms with E-state index in [-0.39, 0.29) is 5.57 Å². The summed E-state index contributed by atoms with van der Waals surface area (Å²) in [7, 11) is 0. The number of Topliss-reactive ketones (excluding diaryl/α,β-unsaturated/α-hetero) is 1. The number of carbonyl (C=O) groups is 3. The molecule has 0 aromatic carbocycles. The maximum Gasteiger partial charge on any atom is 0.382 e. The van der Waals surface area contributed by atoms with Crippen molar-refractivity contribution in [3.05, 3.63) is 12.2 Å². The van der Waals surface area contributed by atoms with Gasteiger partial charge in [-0.3, -0.25) is 4.79 Å². The van der Waals surface area contributed by atoms with Crippen LogP contribution in [0, 0.1) is 0 Å². The first-order valence-electron chi connectivity index (χ1n) is 2.87. The predicted molar refractivity (Wildman–Crippen MR) is 36.6 cm³/mol. The summed E-state index contributed by atoms with van der Waals surface area (Å²) in [6.45, 7) is 5.64. The molecule has 0 fully saturated rings. The van der Waals surface area contributed by atoms with Gasteiger partial charge in [-0.15, -0.1) is 0 Å². The lowest BCUT2D eigenvalue weighted by Gasteiger charge is -1.97. The van der Waals surface area contributed by atoms with Gasteiger partial charge in [-0.05, 0) is 6.92 Å². The van der Waals surface area contributed by atoms with E-state index >= 15 is 0 Å². The molecule has 0 aliphatic rings. The number of carbonyl (C=O) groups excluding carboxylic acids is 3. The number of ether oxygens (including phenoxy) is 1. The van der Waals surface area contributed by atoms with Gasteiger partial charge >= 0.3 is 11.9 Å². The molecule has 0 saturated carbocycles. The zero-order valence-electron chi connectivity index (χ0n) is 6.34. The molecule has 0 aromatic rings. The third-order valence-corrected chi connectivity index (χ3v) is 0.821. The van der Waals surface area contributed by atoms with Crippen LogP contribution in [0.3, 0.4) is 0 Å². The molecule has 0 atom stereocenters. The van der Waals surface area contributed by atoms with Crippen LogP contribution < -0.4 is 0 Å². The summed E-state index contributed by atoms with van der Waals surface area (Å²) in [6.07, 6.45) is 0. The molecule has 0 N–H and O–H groups in total. The molecule has 4 nitrogen and oxygen atoms in total. The Morgan fingerprint density at radius 3 is 1.82 bits per heavy atom. The zero-order valence-corrected chi connectivity index (χ0v) is 6.34. The summed E-state index contributed by atoms with van der Waals surface area (Å²) in [5.74, 6) is -2.83. The van der Waals surface area contributed by atoms with Crippen LogP contribution >= 0.6 is 0 Å². The predicted octanol–water partition coefficient (Wildman–Crippen LogP) is 0.221. The molecule has 4 heteroatoms. The molecular formula is C7H8O4. The smallest absolute Gasteiger partial charge is 0.382 e. The number of rotatable bonds is 2. The van der Waals surface area contributed by atoms with E-state index in [1.54, 1.807) is 0 Å². The Labute approximate surface area is 63.8 Å². The van der Waals surface area contributed by atoms with Gasteiger partial charge in [0.05, 0.1) is 0 Å². The fourth-order valence-electron chi connectivity index (χ4n) is 0.243. The van der Waals surface area contributed by atoms with Crippen LogP contribution in [-0.2, 0) is 19.1 Å². The van der Waals surface area contributed by atoms with E-state index in [2.05, 4.69) is 11.3 Å². The fraction of sp³-hybridized carbons (Fsp3) is 0.286. The maximum absolute atomic E-state index is 10.6. The second-order valence-electron chi connectivity index (χ2n) is 2.01. The summed E-state index contributed by atoms with van der Waals surface area (Å²) in [5.41, 5.74) is 0.0830. The largest absolute Gasteiger partial charge is 0.384 e. The molecule has 0 rings (SSSR count). The molecule has 0 aliphatic heterocycles. The first-order chi connectivity index (χ1) is 4.95.